The van der Waals surface area contributed by atoms with Gasteiger partial charge in [0.05, 0.1) is 17.0 Å². The molecule has 1 atom stereocenters. The summed E-state index contributed by atoms with van der Waals surface area (Å²) < 4.78 is 22.4. The Balaban J connectivity index is 1.56. The van der Waals surface area contributed by atoms with Crippen molar-refractivity contribution in [2.45, 2.75) is 44.2 Å². The maximum atomic E-state index is 14.9. The molecule has 0 N–H and O–H groups in total. The Bertz CT molecular complexity index is 1550. The number of hydrogen-bond acceptors (Lipinski definition) is 4. The lowest BCUT2D eigenvalue weighted by molar-refractivity contribution is -0.0391. The van der Waals surface area contributed by atoms with Crippen LogP contribution in [0.1, 0.15) is 65.7 Å². The third kappa shape index (κ3) is 4.40. The van der Waals surface area contributed by atoms with Crippen LogP contribution in [0.25, 0.3) is 21.7 Å². The van der Waals surface area contributed by atoms with E-state index in [0.29, 0.717) is 39.7 Å². The second-order valence-electron chi connectivity index (χ2n) is 10.1. The Labute approximate surface area is 219 Å². The quantitative estimate of drug-likeness (QED) is 0.156. The summed E-state index contributed by atoms with van der Waals surface area (Å²) in [7, 11) is 3.75. The number of aliphatic imine (C=N–C) groups is 1. The molecule has 190 valence electrons. The molecule has 2 heterocycles. The van der Waals surface area contributed by atoms with Gasteiger partial charge in [0.2, 0.25) is 0 Å². The number of aromatic nitrogens is 2. The van der Waals surface area contributed by atoms with Gasteiger partial charge in [0, 0.05) is 48.8 Å². The average Bonchev–Trinajstić information content (AvgIpc) is 3.64. The van der Waals surface area contributed by atoms with Crippen molar-refractivity contribution < 1.29 is 13.9 Å². The molecule has 1 unspecified atom stereocenters. The van der Waals surface area contributed by atoms with Crippen LogP contribution in [0.5, 0.6) is 0 Å². The molecular weight excluding hydrogens is 491 g/mol. The van der Waals surface area contributed by atoms with Gasteiger partial charge in [-0.15, -0.1) is 0 Å². The highest BCUT2D eigenvalue weighted by Crippen LogP contribution is 2.48. The first-order chi connectivity index (χ1) is 17.9. The number of ketones is 1. The molecule has 3 aromatic carbocycles. The molecule has 1 saturated heterocycles. The Morgan fingerprint density at radius 2 is 2.00 bits per heavy atom. The predicted molar refractivity (Wildman–Crippen MR) is 145 cm³/mol. The number of hydrogen-bond donors (Lipinski definition) is 0. The van der Waals surface area contributed by atoms with Crippen molar-refractivity contribution in [3.8, 4) is 0 Å². The summed E-state index contributed by atoms with van der Waals surface area (Å²) in [5.41, 5.74) is 2.63. The molecule has 1 aliphatic carbocycles. The SMILES string of the molecule is CN(C)C=Nc1c(C(=O)c2ccc(F)c3nn(C4CCCCO4)cc23)cc(C2CC2)c2cccc(Cl)c12. The summed E-state index contributed by atoms with van der Waals surface area (Å²) in [6, 6.07) is 10.6. The summed E-state index contributed by atoms with van der Waals surface area (Å²) in [6.45, 7) is 0.643. The first-order valence-corrected chi connectivity index (χ1v) is 13.1. The van der Waals surface area contributed by atoms with Crippen LogP contribution in [0.15, 0.2) is 47.6 Å². The molecule has 8 heteroatoms. The van der Waals surface area contributed by atoms with Crippen molar-refractivity contribution in [3.63, 3.8) is 0 Å². The molecule has 1 aliphatic heterocycles. The fourth-order valence-corrected chi connectivity index (χ4v) is 5.43. The van der Waals surface area contributed by atoms with Crippen molar-refractivity contribution in [3.05, 3.63) is 70.1 Å². The normalized spacial score (nSPS) is 18.2. The van der Waals surface area contributed by atoms with Crippen molar-refractivity contribution in [2.75, 3.05) is 20.7 Å². The molecule has 1 saturated carbocycles. The summed E-state index contributed by atoms with van der Waals surface area (Å²) in [4.78, 5) is 20.8. The number of benzene rings is 3. The number of carbonyl (C=O) groups excluding carboxylic acids is 1. The lowest BCUT2D eigenvalue weighted by Crippen LogP contribution is -2.18. The third-order valence-electron chi connectivity index (χ3n) is 7.14. The first-order valence-electron chi connectivity index (χ1n) is 12.7. The lowest BCUT2D eigenvalue weighted by atomic mass is 9.91. The minimum Gasteiger partial charge on any atom is -0.369 e. The van der Waals surface area contributed by atoms with Crippen LogP contribution in [0.3, 0.4) is 0 Å². The van der Waals surface area contributed by atoms with E-state index in [-0.39, 0.29) is 17.5 Å². The number of ether oxygens (including phenoxy) is 1. The van der Waals surface area contributed by atoms with E-state index < -0.39 is 5.82 Å². The number of nitrogens with zero attached hydrogens (tertiary/aromatic N) is 4. The number of halogens is 2. The van der Waals surface area contributed by atoms with Crippen LogP contribution in [0.4, 0.5) is 10.1 Å². The molecule has 0 radical (unpaired) electrons. The number of carbonyl (C=O) groups is 1. The Morgan fingerprint density at radius 1 is 1.16 bits per heavy atom. The van der Waals surface area contributed by atoms with Crippen molar-refractivity contribution >= 4 is 51.1 Å². The van der Waals surface area contributed by atoms with E-state index in [0.717, 1.165) is 48.4 Å². The van der Waals surface area contributed by atoms with E-state index in [1.807, 2.05) is 43.3 Å². The first kappa shape index (κ1) is 24.1. The van der Waals surface area contributed by atoms with Gasteiger partial charge in [-0.3, -0.25) is 4.79 Å². The minimum atomic E-state index is -0.466. The van der Waals surface area contributed by atoms with Crippen LogP contribution < -0.4 is 0 Å². The topological polar surface area (TPSA) is 59.7 Å². The molecular formula is C29H28ClFN4O2. The fourth-order valence-electron chi connectivity index (χ4n) is 5.17. The fraction of sp³-hybridized carbons (Fsp3) is 0.345. The number of rotatable bonds is 6. The molecule has 0 spiro atoms. The van der Waals surface area contributed by atoms with Gasteiger partial charge in [-0.05, 0) is 73.2 Å². The smallest absolute Gasteiger partial charge is 0.195 e. The van der Waals surface area contributed by atoms with Crippen LogP contribution >= 0.6 is 11.6 Å². The largest absolute Gasteiger partial charge is 0.369 e. The highest BCUT2D eigenvalue weighted by molar-refractivity contribution is 6.37. The molecule has 6 nitrogen and oxygen atoms in total. The van der Waals surface area contributed by atoms with E-state index >= 15 is 0 Å². The van der Waals surface area contributed by atoms with Crippen LogP contribution in [-0.2, 0) is 4.74 Å². The van der Waals surface area contributed by atoms with E-state index in [1.54, 1.807) is 23.3 Å². The molecule has 1 aromatic heterocycles. The second-order valence-corrected chi connectivity index (χ2v) is 10.5. The van der Waals surface area contributed by atoms with Crippen LogP contribution in [-0.4, -0.2) is 47.5 Å². The van der Waals surface area contributed by atoms with Gasteiger partial charge in [0.1, 0.15) is 11.7 Å². The van der Waals surface area contributed by atoms with Crippen molar-refractivity contribution in [2.24, 2.45) is 4.99 Å². The van der Waals surface area contributed by atoms with Gasteiger partial charge in [0.25, 0.3) is 0 Å². The molecule has 4 aromatic rings. The minimum absolute atomic E-state index is 0.166. The van der Waals surface area contributed by atoms with Gasteiger partial charge >= 0.3 is 0 Å². The van der Waals surface area contributed by atoms with E-state index in [2.05, 4.69) is 5.10 Å². The van der Waals surface area contributed by atoms with Crippen molar-refractivity contribution in [1.82, 2.24) is 14.7 Å². The zero-order valence-electron chi connectivity index (χ0n) is 20.9. The Hall–Kier alpha value is -3.29. The molecule has 0 bridgehead atoms. The number of fused-ring (bicyclic) bond motifs is 2. The van der Waals surface area contributed by atoms with Crippen LogP contribution in [0, 0.1) is 5.82 Å². The standard InChI is InChI=1S/C29H28ClFN4O2/c1-34(2)16-32-28-21(14-20(17-9-10-17)18-6-5-7-23(30)26(18)28)29(36)19-11-12-24(31)27-22(19)15-35(33-27)25-8-3-4-13-37-25/h5-7,11-12,14-17,25H,3-4,8-10,13H2,1-2H3. The Kier molecular flexibility index (Phi) is 6.21. The second kappa shape index (κ2) is 9.54. The predicted octanol–water partition coefficient (Wildman–Crippen LogP) is 7.01. The summed E-state index contributed by atoms with van der Waals surface area (Å²) in [5.74, 6) is -0.310. The van der Waals surface area contributed by atoms with E-state index in [9.17, 15) is 9.18 Å². The van der Waals surface area contributed by atoms with Gasteiger partial charge < -0.3 is 9.64 Å². The third-order valence-corrected chi connectivity index (χ3v) is 7.45. The van der Waals surface area contributed by atoms with Gasteiger partial charge in [0.15, 0.2) is 11.6 Å². The lowest BCUT2D eigenvalue weighted by Gasteiger charge is -2.22. The highest BCUT2D eigenvalue weighted by atomic mass is 35.5. The Morgan fingerprint density at radius 3 is 2.73 bits per heavy atom. The van der Waals surface area contributed by atoms with Gasteiger partial charge in [-0.25, -0.2) is 14.1 Å². The zero-order valence-corrected chi connectivity index (χ0v) is 21.6. The molecule has 6 rings (SSSR count). The van der Waals surface area contributed by atoms with Crippen molar-refractivity contribution in [1.29, 1.82) is 0 Å². The van der Waals surface area contributed by atoms with Gasteiger partial charge in [-0.2, -0.15) is 5.10 Å². The monoisotopic (exact) mass is 518 g/mol. The van der Waals surface area contributed by atoms with Crippen LogP contribution in [0.2, 0.25) is 5.02 Å². The summed E-state index contributed by atoms with van der Waals surface area (Å²) in [6.07, 6.45) is 8.11. The molecule has 2 fully saturated rings. The van der Waals surface area contributed by atoms with Gasteiger partial charge in [-0.1, -0.05) is 23.7 Å². The molecule has 0 amide bonds. The highest BCUT2D eigenvalue weighted by Gasteiger charge is 2.30. The average molecular weight is 519 g/mol. The van der Waals surface area contributed by atoms with E-state index in [4.69, 9.17) is 21.3 Å². The molecule has 37 heavy (non-hydrogen) atoms. The van der Waals surface area contributed by atoms with E-state index in [1.165, 1.54) is 6.07 Å². The summed E-state index contributed by atoms with van der Waals surface area (Å²) in [5, 5.41) is 7.28. The summed E-state index contributed by atoms with van der Waals surface area (Å²) >= 11 is 6.73. The maximum Gasteiger partial charge on any atom is 0.195 e. The maximum absolute atomic E-state index is 14.9. The molecule has 2 aliphatic rings. The zero-order chi connectivity index (χ0) is 25.7.